The molecule has 88 valence electrons. The Morgan fingerprint density at radius 3 is 2.69 bits per heavy atom. The summed E-state index contributed by atoms with van der Waals surface area (Å²) in [6.07, 6.45) is 0. The Bertz CT molecular complexity index is 393. The van der Waals surface area contributed by atoms with Crippen LogP contribution in [0.3, 0.4) is 0 Å². The van der Waals surface area contributed by atoms with E-state index in [4.69, 9.17) is 9.47 Å². The van der Waals surface area contributed by atoms with E-state index < -0.39 is 11.8 Å². The zero-order valence-electron chi connectivity index (χ0n) is 9.05. The van der Waals surface area contributed by atoms with E-state index >= 15 is 0 Å². The first-order chi connectivity index (χ1) is 7.65. The van der Waals surface area contributed by atoms with Gasteiger partial charge in [-0.25, -0.2) is 9.18 Å². The van der Waals surface area contributed by atoms with Crippen LogP contribution in [-0.4, -0.2) is 19.7 Å². The number of methoxy groups -OCH3 is 1. The van der Waals surface area contributed by atoms with Gasteiger partial charge >= 0.3 is 5.97 Å². The highest BCUT2D eigenvalue weighted by molar-refractivity contribution is 9.08. The van der Waals surface area contributed by atoms with Crippen LogP contribution in [0, 0.1) is 5.82 Å². The van der Waals surface area contributed by atoms with Crippen LogP contribution in [0.2, 0.25) is 0 Å². The zero-order chi connectivity index (χ0) is 12.1. The van der Waals surface area contributed by atoms with Crippen molar-refractivity contribution >= 4 is 21.9 Å². The molecular formula is C11H12BrFO3. The van der Waals surface area contributed by atoms with Crippen molar-refractivity contribution in [1.82, 2.24) is 0 Å². The molecule has 1 aromatic carbocycles. The van der Waals surface area contributed by atoms with Gasteiger partial charge in [-0.3, -0.25) is 0 Å². The predicted octanol–water partition coefficient (Wildman–Crippen LogP) is 2.91. The number of rotatable bonds is 4. The van der Waals surface area contributed by atoms with E-state index in [-0.39, 0.29) is 12.2 Å². The average molecular weight is 291 g/mol. The maximum absolute atomic E-state index is 13.5. The number of hydrogen-bond donors (Lipinski definition) is 0. The number of halogens is 2. The first kappa shape index (κ1) is 13.0. The molecule has 16 heavy (non-hydrogen) atoms. The maximum Gasteiger partial charge on any atom is 0.341 e. The molecule has 0 atom stereocenters. The molecular weight excluding hydrogens is 279 g/mol. The third kappa shape index (κ3) is 2.52. The predicted molar refractivity (Wildman–Crippen MR) is 61.5 cm³/mol. The van der Waals surface area contributed by atoms with Crippen LogP contribution in [0.4, 0.5) is 4.39 Å². The van der Waals surface area contributed by atoms with Crippen LogP contribution in [0.25, 0.3) is 0 Å². The molecule has 0 amide bonds. The molecule has 0 saturated carbocycles. The van der Waals surface area contributed by atoms with Gasteiger partial charge in [-0.1, -0.05) is 15.9 Å². The standard InChI is InChI=1S/C11H12BrFO3/c1-3-16-11(14)10-7(6-12)9(15-2)5-4-8(10)13/h4-5H,3,6H2,1-2H3. The number of hydrogen-bond acceptors (Lipinski definition) is 3. The van der Waals surface area contributed by atoms with E-state index in [1.165, 1.54) is 19.2 Å². The van der Waals surface area contributed by atoms with Gasteiger partial charge in [0.2, 0.25) is 0 Å². The topological polar surface area (TPSA) is 35.5 Å². The van der Waals surface area contributed by atoms with E-state index in [1.54, 1.807) is 6.92 Å². The average Bonchev–Trinajstić information content (AvgIpc) is 2.28. The molecule has 0 aliphatic rings. The molecule has 0 radical (unpaired) electrons. The number of esters is 1. The summed E-state index contributed by atoms with van der Waals surface area (Å²) in [6.45, 7) is 1.88. The van der Waals surface area contributed by atoms with Gasteiger partial charge in [-0.05, 0) is 19.1 Å². The Kier molecular flexibility index (Phi) is 4.73. The normalized spacial score (nSPS) is 10.0. The lowest BCUT2D eigenvalue weighted by Crippen LogP contribution is -2.11. The highest BCUT2D eigenvalue weighted by atomic mass is 79.9. The minimum Gasteiger partial charge on any atom is -0.496 e. The Labute approximate surface area is 102 Å². The Hall–Kier alpha value is -1.10. The van der Waals surface area contributed by atoms with Gasteiger partial charge < -0.3 is 9.47 Å². The lowest BCUT2D eigenvalue weighted by Gasteiger charge is -2.11. The minimum atomic E-state index is -0.673. The van der Waals surface area contributed by atoms with Crippen LogP contribution < -0.4 is 4.74 Å². The highest BCUT2D eigenvalue weighted by Gasteiger charge is 2.20. The van der Waals surface area contributed by atoms with Crippen molar-refractivity contribution in [3.63, 3.8) is 0 Å². The molecule has 5 heteroatoms. The van der Waals surface area contributed by atoms with Crippen molar-refractivity contribution in [2.75, 3.05) is 13.7 Å². The largest absolute Gasteiger partial charge is 0.496 e. The summed E-state index contributed by atoms with van der Waals surface area (Å²) in [6, 6.07) is 2.67. The smallest absolute Gasteiger partial charge is 0.341 e. The van der Waals surface area contributed by atoms with Crippen LogP contribution in [0.15, 0.2) is 12.1 Å². The molecule has 0 aromatic heterocycles. The molecule has 0 fully saturated rings. The molecule has 1 aromatic rings. The second kappa shape index (κ2) is 5.84. The summed E-state index contributed by atoms with van der Waals surface area (Å²) < 4.78 is 23.4. The lowest BCUT2D eigenvalue weighted by atomic mass is 10.1. The van der Waals surface area contributed by atoms with Gasteiger partial charge in [0.25, 0.3) is 0 Å². The van der Waals surface area contributed by atoms with Gasteiger partial charge in [0.05, 0.1) is 13.7 Å². The molecule has 0 unspecified atom stereocenters. The number of ether oxygens (including phenoxy) is 2. The van der Waals surface area contributed by atoms with Crippen molar-refractivity contribution in [3.8, 4) is 5.75 Å². The van der Waals surface area contributed by atoms with E-state index in [9.17, 15) is 9.18 Å². The first-order valence-electron chi connectivity index (χ1n) is 4.74. The highest BCUT2D eigenvalue weighted by Crippen LogP contribution is 2.27. The van der Waals surface area contributed by atoms with Gasteiger partial charge in [-0.15, -0.1) is 0 Å². The van der Waals surface area contributed by atoms with Gasteiger partial charge in [0.15, 0.2) is 0 Å². The molecule has 0 saturated heterocycles. The molecule has 0 N–H and O–H groups in total. The van der Waals surface area contributed by atoms with Gasteiger partial charge in [0, 0.05) is 10.9 Å². The summed E-state index contributed by atoms with van der Waals surface area (Å²) in [5, 5.41) is 0.322. The van der Waals surface area contributed by atoms with Crippen molar-refractivity contribution in [1.29, 1.82) is 0 Å². The van der Waals surface area contributed by atoms with E-state index in [2.05, 4.69) is 15.9 Å². The fraction of sp³-hybridized carbons (Fsp3) is 0.364. The second-order valence-corrected chi connectivity index (χ2v) is 3.52. The maximum atomic E-state index is 13.5. The summed E-state index contributed by atoms with van der Waals surface area (Å²) >= 11 is 3.20. The van der Waals surface area contributed by atoms with Crippen molar-refractivity contribution < 1.29 is 18.7 Å². The van der Waals surface area contributed by atoms with Gasteiger partial charge in [0.1, 0.15) is 17.1 Å². The fourth-order valence-corrected chi connectivity index (χ4v) is 1.90. The fourth-order valence-electron chi connectivity index (χ4n) is 1.35. The molecule has 0 aliphatic carbocycles. The number of carbonyl (C=O) groups excluding carboxylic acids is 1. The summed E-state index contributed by atoms with van der Waals surface area (Å²) in [5.74, 6) is -0.816. The van der Waals surface area contributed by atoms with E-state index in [1.807, 2.05) is 0 Å². The first-order valence-corrected chi connectivity index (χ1v) is 5.86. The molecule has 0 heterocycles. The summed E-state index contributed by atoms with van der Waals surface area (Å²) in [4.78, 5) is 11.6. The molecule has 0 bridgehead atoms. The summed E-state index contributed by atoms with van der Waals surface area (Å²) in [7, 11) is 1.47. The van der Waals surface area contributed by atoms with Gasteiger partial charge in [-0.2, -0.15) is 0 Å². The van der Waals surface area contributed by atoms with Crippen molar-refractivity contribution in [3.05, 3.63) is 29.1 Å². The molecule has 0 spiro atoms. The Morgan fingerprint density at radius 1 is 1.50 bits per heavy atom. The third-order valence-electron chi connectivity index (χ3n) is 2.05. The summed E-state index contributed by atoms with van der Waals surface area (Å²) in [5.41, 5.74) is 0.388. The lowest BCUT2D eigenvalue weighted by molar-refractivity contribution is 0.0519. The Morgan fingerprint density at radius 2 is 2.19 bits per heavy atom. The number of carbonyl (C=O) groups is 1. The number of alkyl halides is 1. The zero-order valence-corrected chi connectivity index (χ0v) is 10.6. The van der Waals surface area contributed by atoms with Crippen LogP contribution in [0.1, 0.15) is 22.8 Å². The minimum absolute atomic E-state index is 0.0712. The monoisotopic (exact) mass is 290 g/mol. The number of benzene rings is 1. The molecule has 3 nitrogen and oxygen atoms in total. The van der Waals surface area contributed by atoms with E-state index in [0.717, 1.165) is 0 Å². The Balaban J connectivity index is 3.28. The van der Waals surface area contributed by atoms with Crippen LogP contribution in [-0.2, 0) is 10.1 Å². The third-order valence-corrected chi connectivity index (χ3v) is 2.61. The quantitative estimate of drug-likeness (QED) is 0.632. The molecule has 1 rings (SSSR count). The molecule has 0 aliphatic heterocycles. The van der Waals surface area contributed by atoms with Crippen molar-refractivity contribution in [2.24, 2.45) is 0 Å². The van der Waals surface area contributed by atoms with E-state index in [0.29, 0.717) is 16.6 Å². The second-order valence-electron chi connectivity index (χ2n) is 2.96. The SMILES string of the molecule is CCOC(=O)c1c(F)ccc(OC)c1CBr. The van der Waals surface area contributed by atoms with Crippen LogP contribution >= 0.6 is 15.9 Å². The van der Waals surface area contributed by atoms with Crippen molar-refractivity contribution in [2.45, 2.75) is 12.3 Å². The van der Waals surface area contributed by atoms with Crippen LogP contribution in [0.5, 0.6) is 5.75 Å².